The van der Waals surface area contributed by atoms with Crippen molar-refractivity contribution in [3.63, 3.8) is 0 Å². The Balaban J connectivity index is 2.35. The van der Waals surface area contributed by atoms with Gasteiger partial charge in [-0.15, -0.1) is 0 Å². The second kappa shape index (κ2) is 8.82. The van der Waals surface area contributed by atoms with E-state index in [9.17, 15) is 14.7 Å². The maximum absolute atomic E-state index is 11.6. The zero-order valence-electron chi connectivity index (χ0n) is 11.9. The van der Waals surface area contributed by atoms with E-state index >= 15 is 0 Å². The topological polar surface area (TPSA) is 95.9 Å². The average molecular weight is 350 g/mol. The summed E-state index contributed by atoms with van der Waals surface area (Å²) in [4.78, 5) is 22.4. The molecule has 22 heavy (non-hydrogen) atoms. The van der Waals surface area contributed by atoms with Crippen molar-refractivity contribution in [3.8, 4) is 5.75 Å². The fourth-order valence-electron chi connectivity index (χ4n) is 1.64. The van der Waals surface area contributed by atoms with Crippen molar-refractivity contribution in [2.24, 2.45) is 0 Å². The number of aliphatic hydroxyl groups is 1. The number of aliphatic carboxylic acids is 1. The van der Waals surface area contributed by atoms with Crippen molar-refractivity contribution in [3.05, 3.63) is 28.2 Å². The lowest BCUT2D eigenvalue weighted by atomic mass is 10.1. The van der Waals surface area contributed by atoms with Crippen molar-refractivity contribution in [2.45, 2.75) is 31.9 Å². The quantitative estimate of drug-likeness (QED) is 0.624. The summed E-state index contributed by atoms with van der Waals surface area (Å²) in [5.74, 6) is -1.30. The Bertz CT molecular complexity index is 536. The fourth-order valence-corrected chi connectivity index (χ4v) is 2.10. The Hall–Kier alpha value is -1.50. The fraction of sp³-hybridized carbons (Fsp3) is 0.429. The van der Waals surface area contributed by atoms with Gasteiger partial charge in [-0.25, -0.2) is 4.79 Å². The van der Waals surface area contributed by atoms with Gasteiger partial charge in [0.15, 0.2) is 6.04 Å². The molecule has 0 aliphatic carbocycles. The summed E-state index contributed by atoms with van der Waals surface area (Å²) in [7, 11) is 0. The predicted octanol–water partition coefficient (Wildman–Crippen LogP) is 2.10. The third kappa shape index (κ3) is 6.09. The second-order valence-corrected chi connectivity index (χ2v) is 5.49. The van der Waals surface area contributed by atoms with Crippen molar-refractivity contribution in [2.75, 3.05) is 6.61 Å². The highest BCUT2D eigenvalue weighted by Crippen LogP contribution is 2.27. The van der Waals surface area contributed by atoms with E-state index in [0.717, 1.165) is 0 Å². The van der Waals surface area contributed by atoms with Crippen LogP contribution in [0.2, 0.25) is 10.0 Å². The third-order valence-electron chi connectivity index (χ3n) is 2.76. The first-order chi connectivity index (χ1) is 10.3. The number of nitrogens with one attached hydrogen (secondary N) is 1. The van der Waals surface area contributed by atoms with Crippen LogP contribution in [0.4, 0.5) is 0 Å². The second-order valence-electron chi connectivity index (χ2n) is 4.65. The Morgan fingerprint density at radius 3 is 2.59 bits per heavy atom. The van der Waals surface area contributed by atoms with Gasteiger partial charge in [-0.05, 0) is 31.5 Å². The van der Waals surface area contributed by atoms with Crippen LogP contribution in [0.3, 0.4) is 0 Å². The Morgan fingerprint density at radius 2 is 2.05 bits per heavy atom. The number of halogens is 2. The number of benzene rings is 1. The van der Waals surface area contributed by atoms with Crippen LogP contribution in [-0.4, -0.2) is 40.8 Å². The van der Waals surface area contributed by atoms with Gasteiger partial charge >= 0.3 is 5.97 Å². The molecule has 1 aromatic carbocycles. The third-order valence-corrected chi connectivity index (χ3v) is 3.30. The molecule has 8 heteroatoms. The van der Waals surface area contributed by atoms with Gasteiger partial charge in [-0.1, -0.05) is 23.2 Å². The number of ether oxygens (including phenoxy) is 1. The van der Waals surface area contributed by atoms with E-state index in [0.29, 0.717) is 22.2 Å². The van der Waals surface area contributed by atoms with E-state index in [4.69, 9.17) is 33.0 Å². The summed E-state index contributed by atoms with van der Waals surface area (Å²) in [6, 6.07) is 3.48. The molecule has 6 nitrogen and oxygen atoms in total. The highest BCUT2D eigenvalue weighted by atomic mass is 35.5. The molecular formula is C14H17Cl2NO5. The lowest BCUT2D eigenvalue weighted by Gasteiger charge is -2.17. The number of rotatable bonds is 8. The molecule has 0 spiro atoms. The number of hydrogen-bond donors (Lipinski definition) is 3. The van der Waals surface area contributed by atoms with Gasteiger partial charge in [0.1, 0.15) is 5.75 Å². The summed E-state index contributed by atoms with van der Waals surface area (Å²) in [5, 5.41) is 21.2. The van der Waals surface area contributed by atoms with Crippen LogP contribution in [0.5, 0.6) is 5.75 Å². The lowest BCUT2D eigenvalue weighted by Crippen LogP contribution is -2.47. The average Bonchev–Trinajstić information content (AvgIpc) is 2.42. The molecule has 0 radical (unpaired) electrons. The Labute approximate surface area is 138 Å². The minimum absolute atomic E-state index is 0.0711. The Kier molecular flexibility index (Phi) is 7.44. The Morgan fingerprint density at radius 1 is 1.36 bits per heavy atom. The summed E-state index contributed by atoms with van der Waals surface area (Å²) in [6.07, 6.45) is -0.732. The van der Waals surface area contributed by atoms with Crippen molar-refractivity contribution in [1.82, 2.24) is 5.32 Å². The molecular weight excluding hydrogens is 333 g/mol. The number of carboxylic acid groups (broad SMARTS) is 1. The van der Waals surface area contributed by atoms with Gasteiger partial charge < -0.3 is 20.3 Å². The van der Waals surface area contributed by atoms with Gasteiger partial charge in [0.25, 0.3) is 0 Å². The lowest BCUT2D eigenvalue weighted by molar-refractivity contribution is -0.144. The molecule has 0 aromatic heterocycles. The van der Waals surface area contributed by atoms with E-state index in [1.54, 1.807) is 18.2 Å². The number of carbonyl (C=O) groups is 2. The maximum atomic E-state index is 11.6. The number of carboxylic acids is 1. The summed E-state index contributed by atoms with van der Waals surface area (Å²) < 4.78 is 5.41. The molecule has 3 N–H and O–H groups in total. The van der Waals surface area contributed by atoms with Gasteiger partial charge in [0.05, 0.1) is 17.7 Å². The molecule has 0 heterocycles. The normalized spacial score (nSPS) is 13.3. The molecule has 0 aliphatic rings. The van der Waals surface area contributed by atoms with E-state index in [1.165, 1.54) is 6.92 Å². The van der Waals surface area contributed by atoms with Crippen LogP contribution >= 0.6 is 23.2 Å². The number of aliphatic hydroxyl groups excluding tert-OH is 1. The molecule has 0 saturated heterocycles. The van der Waals surface area contributed by atoms with Gasteiger partial charge in [-0.2, -0.15) is 0 Å². The van der Waals surface area contributed by atoms with Crippen LogP contribution in [-0.2, 0) is 9.59 Å². The molecule has 1 rings (SSSR count). The van der Waals surface area contributed by atoms with E-state index < -0.39 is 24.0 Å². The predicted molar refractivity (Wildman–Crippen MR) is 82.4 cm³/mol. The minimum atomic E-state index is -1.32. The van der Waals surface area contributed by atoms with Crippen LogP contribution in [0.25, 0.3) is 0 Å². The zero-order valence-corrected chi connectivity index (χ0v) is 13.4. The molecule has 0 bridgehead atoms. The van der Waals surface area contributed by atoms with Crippen LogP contribution in [0.15, 0.2) is 18.2 Å². The highest BCUT2D eigenvalue weighted by Gasteiger charge is 2.24. The zero-order chi connectivity index (χ0) is 16.7. The first-order valence-corrected chi connectivity index (χ1v) is 7.35. The van der Waals surface area contributed by atoms with E-state index in [-0.39, 0.29) is 13.0 Å². The maximum Gasteiger partial charge on any atom is 0.328 e. The first kappa shape index (κ1) is 18.5. The van der Waals surface area contributed by atoms with Crippen LogP contribution < -0.4 is 10.1 Å². The van der Waals surface area contributed by atoms with Crippen LogP contribution in [0.1, 0.15) is 19.8 Å². The molecule has 0 fully saturated rings. The molecule has 0 aliphatic heterocycles. The van der Waals surface area contributed by atoms with E-state index in [1.807, 2.05) is 0 Å². The standard InChI is InChI=1S/C14H17Cl2NO5/c1-8(18)13(14(20)21)17-12(19)3-2-6-22-11-5-4-9(15)7-10(11)16/h4-5,7-8,13,18H,2-3,6H2,1H3,(H,17,19)(H,20,21). The van der Waals surface area contributed by atoms with Crippen molar-refractivity contribution >= 4 is 35.1 Å². The molecule has 0 saturated carbocycles. The van der Waals surface area contributed by atoms with Crippen LogP contribution in [0, 0.1) is 0 Å². The monoisotopic (exact) mass is 349 g/mol. The largest absolute Gasteiger partial charge is 0.492 e. The molecule has 2 atom stereocenters. The van der Waals surface area contributed by atoms with Gasteiger partial charge in [-0.3, -0.25) is 4.79 Å². The number of hydrogen-bond acceptors (Lipinski definition) is 4. The molecule has 122 valence electrons. The molecule has 2 unspecified atom stereocenters. The molecule has 1 amide bonds. The summed E-state index contributed by atoms with van der Waals surface area (Å²) in [5.41, 5.74) is 0. The van der Waals surface area contributed by atoms with Crippen molar-refractivity contribution in [1.29, 1.82) is 0 Å². The van der Waals surface area contributed by atoms with Gasteiger partial charge in [0, 0.05) is 11.4 Å². The molecule has 1 aromatic rings. The summed E-state index contributed by atoms with van der Waals surface area (Å²) in [6.45, 7) is 1.53. The smallest absolute Gasteiger partial charge is 0.328 e. The minimum Gasteiger partial charge on any atom is -0.492 e. The number of carbonyl (C=O) groups excluding carboxylic acids is 1. The number of amides is 1. The SMILES string of the molecule is CC(O)C(NC(=O)CCCOc1ccc(Cl)cc1Cl)C(=O)O. The van der Waals surface area contributed by atoms with Crippen molar-refractivity contribution < 1.29 is 24.5 Å². The van der Waals surface area contributed by atoms with E-state index in [2.05, 4.69) is 5.32 Å². The highest BCUT2D eigenvalue weighted by molar-refractivity contribution is 6.35. The van der Waals surface area contributed by atoms with Gasteiger partial charge in [0.2, 0.25) is 5.91 Å². The first-order valence-electron chi connectivity index (χ1n) is 6.59. The summed E-state index contributed by atoms with van der Waals surface area (Å²) >= 11 is 11.7.